The molecule has 1 atom stereocenters. The Morgan fingerprint density at radius 1 is 1.02 bits per heavy atom. The van der Waals surface area contributed by atoms with E-state index in [1.165, 1.54) is 14.7 Å². The molecule has 0 unspecified atom stereocenters. The van der Waals surface area contributed by atoms with Gasteiger partial charge in [-0.05, 0) is 66.6 Å². The molecule has 3 N–H and O–H groups in total. The number of aliphatic hydroxyl groups is 2. The van der Waals surface area contributed by atoms with Crippen molar-refractivity contribution < 1.29 is 14.9 Å². The van der Waals surface area contributed by atoms with Gasteiger partial charge in [-0.3, -0.25) is 19.1 Å². The van der Waals surface area contributed by atoms with Gasteiger partial charge in [0.1, 0.15) is 22.7 Å². The fraction of sp³-hybridized carbons (Fsp3) is 0.417. The van der Waals surface area contributed by atoms with Crippen LogP contribution in [0.1, 0.15) is 37.6 Å². The highest BCUT2D eigenvalue weighted by Gasteiger charge is 2.41. The molecule has 0 amide bonds. The van der Waals surface area contributed by atoms with E-state index >= 15 is 0 Å². The van der Waals surface area contributed by atoms with E-state index in [1.54, 1.807) is 56.8 Å². The van der Waals surface area contributed by atoms with E-state index in [0.29, 0.717) is 72.0 Å². The zero-order chi connectivity index (χ0) is 34.9. The first-order valence-corrected chi connectivity index (χ1v) is 16.9. The summed E-state index contributed by atoms with van der Waals surface area (Å²) in [6.07, 6.45) is 8.67. The first-order chi connectivity index (χ1) is 23.9. The summed E-state index contributed by atoms with van der Waals surface area (Å²) in [5.74, 6) is 1.21. The summed E-state index contributed by atoms with van der Waals surface area (Å²) >= 11 is 0. The Labute approximate surface area is 288 Å². The molecule has 2 fully saturated rings. The van der Waals surface area contributed by atoms with Crippen LogP contribution in [0.15, 0.2) is 64.7 Å². The van der Waals surface area contributed by atoms with Crippen LogP contribution in [0.25, 0.3) is 22.5 Å². The van der Waals surface area contributed by atoms with Crippen LogP contribution in [0.5, 0.6) is 0 Å². The number of pyridine rings is 2. The van der Waals surface area contributed by atoms with Crippen LogP contribution < -0.4 is 21.3 Å². The van der Waals surface area contributed by atoms with Crippen molar-refractivity contribution in [2.45, 2.75) is 52.0 Å². The van der Waals surface area contributed by atoms with Gasteiger partial charge in [0.2, 0.25) is 0 Å². The predicted octanol–water partition coefficient (Wildman–Crippen LogP) is 2.23. The number of ether oxygens (including phenoxy) is 1. The van der Waals surface area contributed by atoms with E-state index in [9.17, 15) is 19.8 Å². The lowest BCUT2D eigenvalue weighted by Gasteiger charge is -2.49. The van der Waals surface area contributed by atoms with E-state index in [1.807, 2.05) is 21.6 Å². The van der Waals surface area contributed by atoms with Crippen molar-refractivity contribution in [1.29, 1.82) is 0 Å². The van der Waals surface area contributed by atoms with Crippen LogP contribution in [0.4, 0.5) is 17.3 Å². The monoisotopic (exact) mass is 679 g/mol. The second kappa shape index (κ2) is 11.9. The number of nitrogens with one attached hydrogen (secondary N) is 1. The van der Waals surface area contributed by atoms with E-state index in [4.69, 9.17) is 4.74 Å². The fourth-order valence-corrected chi connectivity index (χ4v) is 7.69. The maximum atomic E-state index is 13.8. The van der Waals surface area contributed by atoms with Crippen molar-refractivity contribution >= 4 is 22.8 Å². The Morgan fingerprint density at radius 3 is 2.54 bits per heavy atom. The van der Waals surface area contributed by atoms with Crippen LogP contribution in [0.3, 0.4) is 0 Å². The molecule has 0 radical (unpaired) electrons. The average Bonchev–Trinajstić information content (AvgIpc) is 3.54. The molecule has 8 rings (SSSR count). The third-order valence-corrected chi connectivity index (χ3v) is 10.3. The normalized spacial score (nSPS) is 20.6. The molecule has 3 aliphatic rings. The smallest absolute Gasteiger partial charge is 0.280 e. The summed E-state index contributed by atoms with van der Waals surface area (Å²) < 4.78 is 10.2. The molecule has 50 heavy (non-hydrogen) atoms. The van der Waals surface area contributed by atoms with E-state index in [-0.39, 0.29) is 28.8 Å². The molecule has 260 valence electrons. The summed E-state index contributed by atoms with van der Waals surface area (Å²) in [6, 6.07) is 9.25. The summed E-state index contributed by atoms with van der Waals surface area (Å²) in [5, 5.41) is 33.7. The maximum absolute atomic E-state index is 13.8. The highest BCUT2D eigenvalue weighted by atomic mass is 16.5. The first-order valence-electron chi connectivity index (χ1n) is 16.9. The first kappa shape index (κ1) is 32.3. The summed E-state index contributed by atoms with van der Waals surface area (Å²) in [6.45, 7) is 9.05. The minimum atomic E-state index is -1.13. The Hall–Kier alpha value is -4.89. The Kier molecular flexibility index (Phi) is 7.67. The van der Waals surface area contributed by atoms with E-state index in [0.717, 1.165) is 25.1 Å². The summed E-state index contributed by atoms with van der Waals surface area (Å²) in [5.41, 5.74) is 3.39. The van der Waals surface area contributed by atoms with E-state index in [2.05, 4.69) is 39.2 Å². The molecule has 0 spiro atoms. The minimum Gasteiger partial charge on any atom is -0.392 e. The number of hydrogen-bond acceptors (Lipinski definition) is 11. The standard InChI is InChI=1S/C36H41N9O5/c1-35(2)15-22-14-28-34(48)44(11-10-43(28)29(22)16-35)32-26(18-46)25(7-8-37-32)23-13-27(33(47)41(4)17-23)38-30-5-6-31(40-39-30)45-12-9-42(21-36(45,3)49)24-19-50-20-24/h5-8,10-11,13-14,17,24,46,49H,9,12,15-16,18-21H2,1-4H3,(H,38,39)/t36-/m0/s1. The van der Waals surface area contributed by atoms with Gasteiger partial charge < -0.3 is 34.1 Å². The number of aryl methyl sites for hydroxylation is 1. The topological polar surface area (TPSA) is 155 Å². The van der Waals surface area contributed by atoms with Gasteiger partial charge in [-0.1, -0.05) is 13.8 Å². The molecular weight excluding hydrogens is 638 g/mol. The predicted molar refractivity (Wildman–Crippen MR) is 188 cm³/mol. The van der Waals surface area contributed by atoms with Gasteiger partial charge >= 0.3 is 0 Å². The van der Waals surface area contributed by atoms with Crippen LogP contribution in [0.2, 0.25) is 0 Å². The molecular formula is C36H41N9O5. The number of piperazine rings is 1. The highest BCUT2D eigenvalue weighted by Crippen LogP contribution is 2.37. The van der Waals surface area contributed by atoms with Crippen molar-refractivity contribution in [3.05, 3.63) is 92.6 Å². The quantitative estimate of drug-likeness (QED) is 0.232. The largest absolute Gasteiger partial charge is 0.392 e. The van der Waals surface area contributed by atoms with Gasteiger partial charge in [0, 0.05) is 68.3 Å². The van der Waals surface area contributed by atoms with Crippen molar-refractivity contribution in [2.24, 2.45) is 12.5 Å². The molecule has 14 nitrogen and oxygen atoms in total. The third kappa shape index (κ3) is 5.48. The van der Waals surface area contributed by atoms with Crippen LogP contribution in [-0.2, 0) is 31.2 Å². The van der Waals surface area contributed by atoms with Gasteiger partial charge in [0.25, 0.3) is 11.1 Å². The number of rotatable bonds is 7. The number of anilines is 3. The lowest BCUT2D eigenvalue weighted by atomic mass is 9.90. The van der Waals surface area contributed by atoms with Gasteiger partial charge in [0.15, 0.2) is 11.6 Å². The fourth-order valence-electron chi connectivity index (χ4n) is 7.69. The van der Waals surface area contributed by atoms with Crippen LogP contribution in [-0.4, -0.2) is 88.4 Å². The number of nitrogens with zero attached hydrogens (tertiary/aromatic N) is 8. The van der Waals surface area contributed by atoms with Crippen molar-refractivity contribution in [1.82, 2.24) is 33.6 Å². The maximum Gasteiger partial charge on any atom is 0.280 e. The van der Waals surface area contributed by atoms with Crippen molar-refractivity contribution in [3.8, 4) is 16.9 Å². The molecule has 0 bridgehead atoms. The molecule has 2 aliphatic heterocycles. The lowest BCUT2D eigenvalue weighted by molar-refractivity contribution is -0.101. The highest BCUT2D eigenvalue weighted by molar-refractivity contribution is 5.73. The number of aromatic nitrogens is 6. The summed E-state index contributed by atoms with van der Waals surface area (Å²) in [7, 11) is 1.65. The third-order valence-electron chi connectivity index (χ3n) is 10.3. The van der Waals surface area contributed by atoms with Crippen LogP contribution >= 0.6 is 0 Å². The zero-order valence-electron chi connectivity index (χ0n) is 28.6. The lowest BCUT2D eigenvalue weighted by Crippen LogP contribution is -2.65. The Morgan fingerprint density at radius 2 is 1.84 bits per heavy atom. The molecule has 5 aromatic rings. The SMILES string of the molecule is Cn1cc(-c2ccnc(-n3ccn4c5c(cc4c3=O)CC(C)(C)C5)c2CO)cc(Nc2ccc(N3CCN(C4COC4)C[C@]3(C)O)nn2)c1=O. The van der Waals surface area contributed by atoms with Crippen molar-refractivity contribution in [2.75, 3.05) is 43.1 Å². The zero-order valence-corrected chi connectivity index (χ0v) is 28.6. The Balaban J connectivity index is 1.08. The number of hydrogen-bond donors (Lipinski definition) is 3. The molecule has 0 saturated carbocycles. The number of β-amino-alcohol motifs (C(OH)–C–C–N with tert-alkyl or cyclic N) is 1. The van der Waals surface area contributed by atoms with Crippen molar-refractivity contribution in [3.63, 3.8) is 0 Å². The summed E-state index contributed by atoms with van der Waals surface area (Å²) in [4.78, 5) is 35.7. The second-order valence-electron chi connectivity index (χ2n) is 14.7. The molecule has 14 heteroatoms. The Bertz CT molecular complexity index is 2230. The molecule has 0 aromatic carbocycles. The molecule has 2 saturated heterocycles. The van der Waals surface area contributed by atoms with Crippen LogP contribution in [0, 0.1) is 5.41 Å². The molecule has 7 heterocycles. The van der Waals surface area contributed by atoms with E-state index < -0.39 is 5.72 Å². The molecule has 5 aromatic heterocycles. The molecule has 1 aliphatic carbocycles. The number of aliphatic hydroxyl groups excluding tert-OH is 1. The average molecular weight is 680 g/mol. The van der Waals surface area contributed by atoms with Gasteiger partial charge in [-0.25, -0.2) is 4.98 Å². The van der Waals surface area contributed by atoms with Gasteiger partial charge in [0.05, 0.1) is 25.9 Å². The number of fused-ring (bicyclic) bond motifs is 3. The minimum absolute atomic E-state index is 0.156. The second-order valence-corrected chi connectivity index (χ2v) is 14.7. The van der Waals surface area contributed by atoms with Gasteiger partial charge in [-0.15, -0.1) is 10.2 Å². The van der Waals surface area contributed by atoms with Gasteiger partial charge in [-0.2, -0.15) is 0 Å².